The van der Waals surface area contributed by atoms with Gasteiger partial charge in [-0.1, -0.05) is 36.8 Å². The Kier molecular flexibility index (Phi) is 6.56. The Morgan fingerprint density at radius 1 is 1.28 bits per heavy atom. The van der Waals surface area contributed by atoms with Crippen LogP contribution in [0, 0.1) is 18.3 Å². The van der Waals surface area contributed by atoms with Crippen molar-refractivity contribution in [2.45, 2.75) is 51.6 Å². The van der Waals surface area contributed by atoms with E-state index in [9.17, 15) is 10.1 Å². The molecule has 1 N–H and O–H groups in total. The highest BCUT2D eigenvalue weighted by Gasteiger charge is 2.42. The molecule has 5 nitrogen and oxygen atoms in total. The number of benzene rings is 2. The number of nitrogens with zero attached hydrogens (tertiary/aromatic N) is 1. The summed E-state index contributed by atoms with van der Waals surface area (Å²) in [5.41, 5.74) is 2.35. The summed E-state index contributed by atoms with van der Waals surface area (Å²) >= 11 is 0. The highest BCUT2D eigenvalue weighted by molar-refractivity contribution is 6.00. The standard InChI is InChI=1S/C24H28N2O3/c1-4-18(3)29-21-8-9-22(19(15-21)16-25)26-23(27)24(10-12-28-13-11-24)20-7-5-6-17(2)14-20/h5-9,14-15,18H,4,10-13H2,1-3H3,(H,26,27)/t18-/m0/s1. The van der Waals surface area contributed by atoms with Gasteiger partial charge < -0.3 is 14.8 Å². The summed E-state index contributed by atoms with van der Waals surface area (Å²) in [6.45, 7) is 7.13. The largest absolute Gasteiger partial charge is 0.491 e. The fourth-order valence-electron chi connectivity index (χ4n) is 3.67. The number of carbonyl (C=O) groups is 1. The van der Waals surface area contributed by atoms with Crippen LogP contribution in [0.2, 0.25) is 0 Å². The number of aryl methyl sites for hydroxylation is 1. The van der Waals surface area contributed by atoms with Gasteiger partial charge in [0.1, 0.15) is 11.8 Å². The topological polar surface area (TPSA) is 71.3 Å². The lowest BCUT2D eigenvalue weighted by atomic mass is 9.73. The molecule has 0 aliphatic carbocycles. The number of ether oxygens (including phenoxy) is 2. The van der Waals surface area contributed by atoms with E-state index < -0.39 is 5.41 Å². The first kappa shape index (κ1) is 20.9. The Hall–Kier alpha value is -2.84. The van der Waals surface area contributed by atoms with Crippen LogP contribution in [0.5, 0.6) is 5.75 Å². The maximum absolute atomic E-state index is 13.5. The highest BCUT2D eigenvalue weighted by atomic mass is 16.5. The van der Waals surface area contributed by atoms with Crippen molar-refractivity contribution in [2.24, 2.45) is 0 Å². The second-order valence-corrected chi connectivity index (χ2v) is 7.67. The van der Waals surface area contributed by atoms with Gasteiger partial charge in [-0.2, -0.15) is 5.26 Å². The van der Waals surface area contributed by atoms with Crippen LogP contribution in [0.1, 0.15) is 49.8 Å². The van der Waals surface area contributed by atoms with Crippen molar-refractivity contribution in [3.8, 4) is 11.8 Å². The van der Waals surface area contributed by atoms with Gasteiger partial charge in [0.15, 0.2) is 0 Å². The summed E-state index contributed by atoms with van der Waals surface area (Å²) in [5.74, 6) is 0.534. The molecule has 0 aromatic heterocycles. The molecule has 1 aliphatic heterocycles. The molecule has 3 rings (SSSR count). The molecular weight excluding hydrogens is 364 g/mol. The summed E-state index contributed by atoms with van der Waals surface area (Å²) in [6.07, 6.45) is 2.16. The third kappa shape index (κ3) is 4.60. The first-order valence-corrected chi connectivity index (χ1v) is 10.2. The molecule has 1 heterocycles. The van der Waals surface area contributed by atoms with Crippen molar-refractivity contribution in [2.75, 3.05) is 18.5 Å². The number of hydrogen-bond acceptors (Lipinski definition) is 4. The molecule has 0 unspecified atom stereocenters. The van der Waals surface area contributed by atoms with Gasteiger partial charge >= 0.3 is 0 Å². The lowest BCUT2D eigenvalue weighted by molar-refractivity contribution is -0.125. The molecule has 0 saturated carbocycles. The second-order valence-electron chi connectivity index (χ2n) is 7.67. The smallest absolute Gasteiger partial charge is 0.235 e. The van der Waals surface area contributed by atoms with Crippen molar-refractivity contribution in [3.05, 3.63) is 59.2 Å². The number of amides is 1. The number of nitriles is 1. The number of anilines is 1. The molecule has 1 fully saturated rings. The summed E-state index contributed by atoms with van der Waals surface area (Å²) < 4.78 is 11.3. The van der Waals surface area contributed by atoms with Crippen LogP contribution in [0.3, 0.4) is 0 Å². The molecule has 0 spiro atoms. The van der Waals surface area contributed by atoms with E-state index in [0.29, 0.717) is 43.1 Å². The van der Waals surface area contributed by atoms with Crippen LogP contribution in [0.4, 0.5) is 5.69 Å². The van der Waals surface area contributed by atoms with Crippen molar-refractivity contribution in [1.29, 1.82) is 5.26 Å². The number of hydrogen-bond donors (Lipinski definition) is 1. The van der Waals surface area contributed by atoms with Crippen LogP contribution in [0.15, 0.2) is 42.5 Å². The molecule has 152 valence electrons. The molecule has 1 amide bonds. The minimum atomic E-state index is -0.664. The van der Waals surface area contributed by atoms with Gasteiger partial charge in [-0.05, 0) is 50.8 Å². The molecule has 1 aliphatic rings. The molecule has 0 radical (unpaired) electrons. The lowest BCUT2D eigenvalue weighted by Gasteiger charge is -2.36. The zero-order chi connectivity index (χ0) is 20.9. The van der Waals surface area contributed by atoms with Gasteiger partial charge in [-0.3, -0.25) is 4.79 Å². The van der Waals surface area contributed by atoms with Crippen LogP contribution in [-0.4, -0.2) is 25.2 Å². The van der Waals surface area contributed by atoms with E-state index in [1.807, 2.05) is 39.0 Å². The highest BCUT2D eigenvalue weighted by Crippen LogP contribution is 2.37. The minimum absolute atomic E-state index is 0.0637. The molecule has 1 atom stereocenters. The van der Waals surface area contributed by atoms with Gasteiger partial charge in [0.25, 0.3) is 0 Å². The molecular formula is C24H28N2O3. The van der Waals surface area contributed by atoms with E-state index in [1.165, 1.54) is 0 Å². The molecule has 0 bridgehead atoms. The number of carbonyl (C=O) groups excluding carboxylic acids is 1. The SMILES string of the molecule is CC[C@H](C)Oc1ccc(NC(=O)C2(c3cccc(C)c3)CCOCC2)c(C#N)c1. The zero-order valence-corrected chi connectivity index (χ0v) is 17.3. The van der Waals surface area contributed by atoms with E-state index in [2.05, 4.69) is 17.5 Å². The van der Waals surface area contributed by atoms with Crippen molar-refractivity contribution in [1.82, 2.24) is 0 Å². The molecule has 5 heteroatoms. The van der Waals surface area contributed by atoms with Crippen LogP contribution in [-0.2, 0) is 14.9 Å². The van der Waals surface area contributed by atoms with Crippen LogP contribution >= 0.6 is 0 Å². The van der Waals surface area contributed by atoms with Crippen molar-refractivity contribution >= 4 is 11.6 Å². The van der Waals surface area contributed by atoms with Crippen LogP contribution < -0.4 is 10.1 Å². The van der Waals surface area contributed by atoms with Gasteiger partial charge in [0, 0.05) is 19.3 Å². The number of rotatable bonds is 6. The zero-order valence-electron chi connectivity index (χ0n) is 17.3. The average molecular weight is 392 g/mol. The first-order chi connectivity index (χ1) is 14.0. The monoisotopic (exact) mass is 392 g/mol. The van der Waals surface area contributed by atoms with Gasteiger partial charge in [-0.15, -0.1) is 0 Å². The number of nitrogens with one attached hydrogen (secondary N) is 1. The fraction of sp³-hybridized carbons (Fsp3) is 0.417. The molecule has 1 saturated heterocycles. The maximum atomic E-state index is 13.5. The summed E-state index contributed by atoms with van der Waals surface area (Å²) in [4.78, 5) is 13.5. The Morgan fingerprint density at radius 2 is 2.03 bits per heavy atom. The van der Waals surface area contributed by atoms with E-state index >= 15 is 0 Å². The summed E-state index contributed by atoms with van der Waals surface area (Å²) in [7, 11) is 0. The van der Waals surface area contributed by atoms with Crippen LogP contribution in [0.25, 0.3) is 0 Å². The fourth-order valence-corrected chi connectivity index (χ4v) is 3.67. The third-order valence-corrected chi connectivity index (χ3v) is 5.62. The maximum Gasteiger partial charge on any atom is 0.235 e. The Balaban J connectivity index is 1.89. The van der Waals surface area contributed by atoms with Crippen molar-refractivity contribution in [3.63, 3.8) is 0 Å². The average Bonchev–Trinajstić information content (AvgIpc) is 2.75. The third-order valence-electron chi connectivity index (χ3n) is 5.62. The van der Waals surface area contributed by atoms with Gasteiger partial charge in [0.05, 0.1) is 22.8 Å². The first-order valence-electron chi connectivity index (χ1n) is 10.2. The minimum Gasteiger partial charge on any atom is -0.491 e. The second kappa shape index (κ2) is 9.11. The Labute approximate surface area is 172 Å². The predicted molar refractivity (Wildman–Crippen MR) is 113 cm³/mol. The summed E-state index contributed by atoms with van der Waals surface area (Å²) in [5, 5.41) is 12.6. The van der Waals surface area contributed by atoms with E-state index in [1.54, 1.807) is 18.2 Å². The summed E-state index contributed by atoms with van der Waals surface area (Å²) in [6, 6.07) is 15.5. The molecule has 2 aromatic rings. The predicted octanol–water partition coefficient (Wildman–Crippen LogP) is 4.73. The quantitative estimate of drug-likeness (QED) is 0.771. The molecule has 29 heavy (non-hydrogen) atoms. The van der Waals surface area contributed by atoms with Gasteiger partial charge in [-0.25, -0.2) is 0 Å². The van der Waals surface area contributed by atoms with E-state index in [4.69, 9.17) is 9.47 Å². The van der Waals surface area contributed by atoms with E-state index in [-0.39, 0.29) is 12.0 Å². The van der Waals surface area contributed by atoms with E-state index in [0.717, 1.165) is 17.5 Å². The molecule has 2 aromatic carbocycles. The Morgan fingerprint density at radius 3 is 2.69 bits per heavy atom. The van der Waals surface area contributed by atoms with Gasteiger partial charge in [0.2, 0.25) is 5.91 Å². The normalized spacial score (nSPS) is 16.5. The van der Waals surface area contributed by atoms with Crippen molar-refractivity contribution < 1.29 is 14.3 Å². The Bertz CT molecular complexity index is 911. The lowest BCUT2D eigenvalue weighted by Crippen LogP contribution is -2.45.